The van der Waals surface area contributed by atoms with Gasteiger partial charge in [-0.1, -0.05) is 36.4 Å². The SMILES string of the molecule is C=CCNC(=O)c1ncoc1-c1ccccc1. The van der Waals surface area contributed by atoms with E-state index >= 15 is 0 Å². The van der Waals surface area contributed by atoms with Gasteiger partial charge in [0.2, 0.25) is 0 Å². The third-order valence-corrected chi connectivity index (χ3v) is 2.23. The molecule has 0 bridgehead atoms. The summed E-state index contributed by atoms with van der Waals surface area (Å²) in [4.78, 5) is 15.7. The molecule has 0 radical (unpaired) electrons. The molecule has 0 saturated carbocycles. The van der Waals surface area contributed by atoms with Crippen molar-refractivity contribution < 1.29 is 9.21 Å². The van der Waals surface area contributed by atoms with Crippen LogP contribution >= 0.6 is 0 Å². The van der Waals surface area contributed by atoms with Crippen molar-refractivity contribution in [2.24, 2.45) is 0 Å². The van der Waals surface area contributed by atoms with E-state index in [1.54, 1.807) is 6.08 Å². The van der Waals surface area contributed by atoms with Gasteiger partial charge in [-0.2, -0.15) is 0 Å². The molecular weight excluding hydrogens is 216 g/mol. The summed E-state index contributed by atoms with van der Waals surface area (Å²) in [5.41, 5.74) is 1.12. The second-order valence-corrected chi connectivity index (χ2v) is 3.39. The van der Waals surface area contributed by atoms with Gasteiger partial charge in [-0.05, 0) is 0 Å². The Balaban J connectivity index is 2.29. The largest absolute Gasteiger partial charge is 0.443 e. The highest BCUT2D eigenvalue weighted by molar-refractivity contribution is 5.97. The van der Waals surface area contributed by atoms with Crippen LogP contribution in [0.15, 0.2) is 53.8 Å². The summed E-state index contributed by atoms with van der Waals surface area (Å²) in [6.07, 6.45) is 2.88. The molecule has 0 aliphatic heterocycles. The summed E-state index contributed by atoms with van der Waals surface area (Å²) in [6, 6.07) is 9.39. The highest BCUT2D eigenvalue weighted by Gasteiger charge is 2.16. The molecule has 0 unspecified atom stereocenters. The number of amides is 1. The number of rotatable bonds is 4. The summed E-state index contributed by atoms with van der Waals surface area (Å²) in [5.74, 6) is 0.213. The number of hydrogen-bond donors (Lipinski definition) is 1. The lowest BCUT2D eigenvalue weighted by Gasteiger charge is -2.01. The monoisotopic (exact) mass is 228 g/mol. The fourth-order valence-electron chi connectivity index (χ4n) is 1.45. The number of nitrogens with zero attached hydrogens (tertiary/aromatic N) is 1. The van der Waals surface area contributed by atoms with E-state index in [0.29, 0.717) is 12.3 Å². The third-order valence-electron chi connectivity index (χ3n) is 2.23. The Kier molecular flexibility index (Phi) is 3.35. The van der Waals surface area contributed by atoms with Crippen molar-refractivity contribution >= 4 is 5.91 Å². The molecule has 4 nitrogen and oxygen atoms in total. The summed E-state index contributed by atoms with van der Waals surface area (Å²) in [6.45, 7) is 3.94. The Morgan fingerprint density at radius 1 is 1.41 bits per heavy atom. The highest BCUT2D eigenvalue weighted by Crippen LogP contribution is 2.22. The number of carbonyl (C=O) groups excluding carboxylic acids is 1. The quantitative estimate of drug-likeness (QED) is 0.816. The maximum absolute atomic E-state index is 11.8. The number of nitrogens with one attached hydrogen (secondary N) is 1. The lowest BCUT2D eigenvalue weighted by molar-refractivity contribution is 0.0954. The molecule has 2 aromatic rings. The molecule has 2 rings (SSSR count). The Hall–Kier alpha value is -2.36. The molecule has 4 heteroatoms. The van der Waals surface area contributed by atoms with Gasteiger partial charge >= 0.3 is 0 Å². The van der Waals surface area contributed by atoms with Crippen molar-refractivity contribution in [2.45, 2.75) is 0 Å². The first kappa shape index (κ1) is 11.1. The zero-order chi connectivity index (χ0) is 12.1. The van der Waals surface area contributed by atoms with Crippen LogP contribution in [0.1, 0.15) is 10.5 Å². The lowest BCUT2D eigenvalue weighted by atomic mass is 10.1. The van der Waals surface area contributed by atoms with Crippen LogP contribution < -0.4 is 5.32 Å². The summed E-state index contributed by atoms with van der Waals surface area (Å²) >= 11 is 0. The van der Waals surface area contributed by atoms with Gasteiger partial charge in [-0.15, -0.1) is 6.58 Å². The minimum absolute atomic E-state index is 0.266. The molecule has 0 spiro atoms. The molecule has 1 aromatic heterocycles. The van der Waals surface area contributed by atoms with Gasteiger partial charge < -0.3 is 9.73 Å². The van der Waals surface area contributed by atoms with Crippen molar-refractivity contribution in [3.05, 3.63) is 55.1 Å². The predicted molar refractivity (Wildman–Crippen MR) is 64.5 cm³/mol. The predicted octanol–water partition coefficient (Wildman–Crippen LogP) is 2.26. The molecule has 0 aliphatic carbocycles. The molecule has 0 aliphatic rings. The first-order chi connectivity index (χ1) is 8.33. The van der Waals surface area contributed by atoms with Crippen LogP contribution in [-0.2, 0) is 0 Å². The van der Waals surface area contributed by atoms with Gasteiger partial charge in [0, 0.05) is 12.1 Å². The summed E-state index contributed by atoms with van der Waals surface area (Å²) in [5, 5.41) is 2.67. The molecule has 1 aromatic carbocycles. The van der Waals surface area contributed by atoms with Crippen LogP contribution in [0.5, 0.6) is 0 Å². The van der Waals surface area contributed by atoms with Crippen molar-refractivity contribution in [1.82, 2.24) is 10.3 Å². The molecule has 1 N–H and O–H groups in total. The molecule has 0 fully saturated rings. The van der Waals surface area contributed by atoms with Gasteiger partial charge in [0.15, 0.2) is 17.8 Å². The topological polar surface area (TPSA) is 55.1 Å². The fourth-order valence-corrected chi connectivity index (χ4v) is 1.45. The Labute approximate surface area is 99.0 Å². The maximum Gasteiger partial charge on any atom is 0.274 e. The first-order valence-corrected chi connectivity index (χ1v) is 5.21. The van der Waals surface area contributed by atoms with E-state index in [-0.39, 0.29) is 11.6 Å². The van der Waals surface area contributed by atoms with Crippen LogP contribution in [0.4, 0.5) is 0 Å². The van der Waals surface area contributed by atoms with E-state index in [1.807, 2.05) is 30.3 Å². The Morgan fingerprint density at radius 3 is 2.88 bits per heavy atom. The van der Waals surface area contributed by atoms with Crippen molar-refractivity contribution in [3.8, 4) is 11.3 Å². The molecule has 0 saturated heterocycles. The highest BCUT2D eigenvalue weighted by atomic mass is 16.3. The zero-order valence-corrected chi connectivity index (χ0v) is 9.22. The van der Waals surface area contributed by atoms with Gasteiger partial charge in [-0.3, -0.25) is 4.79 Å². The van der Waals surface area contributed by atoms with Crippen LogP contribution in [-0.4, -0.2) is 17.4 Å². The van der Waals surface area contributed by atoms with Crippen LogP contribution in [0.2, 0.25) is 0 Å². The third kappa shape index (κ3) is 2.42. The molecular formula is C13H12N2O2. The Morgan fingerprint density at radius 2 is 2.18 bits per heavy atom. The summed E-state index contributed by atoms with van der Waals surface area (Å²) in [7, 11) is 0. The normalized spacial score (nSPS) is 9.88. The minimum Gasteiger partial charge on any atom is -0.443 e. The van der Waals surface area contributed by atoms with Crippen LogP contribution in [0.3, 0.4) is 0 Å². The number of oxazole rings is 1. The lowest BCUT2D eigenvalue weighted by Crippen LogP contribution is -2.24. The smallest absolute Gasteiger partial charge is 0.274 e. The first-order valence-electron chi connectivity index (χ1n) is 5.21. The Bertz CT molecular complexity index is 517. The maximum atomic E-state index is 11.8. The molecule has 0 atom stereocenters. The van der Waals surface area contributed by atoms with Gasteiger partial charge in [0.05, 0.1) is 0 Å². The van der Waals surface area contributed by atoms with E-state index in [0.717, 1.165) is 5.56 Å². The number of hydrogen-bond acceptors (Lipinski definition) is 3. The van der Waals surface area contributed by atoms with E-state index in [9.17, 15) is 4.79 Å². The van der Waals surface area contributed by atoms with E-state index in [2.05, 4.69) is 16.9 Å². The fraction of sp³-hybridized carbons (Fsp3) is 0.0769. The summed E-state index contributed by atoms with van der Waals surface area (Å²) < 4.78 is 5.25. The zero-order valence-electron chi connectivity index (χ0n) is 9.22. The average Bonchev–Trinajstić information content (AvgIpc) is 2.86. The van der Waals surface area contributed by atoms with Crippen LogP contribution in [0, 0.1) is 0 Å². The standard InChI is InChI=1S/C13H12N2O2/c1-2-8-14-13(16)11-12(17-9-15-11)10-6-4-3-5-7-10/h2-7,9H,1,8H2,(H,14,16). The van der Waals surface area contributed by atoms with Crippen molar-refractivity contribution in [2.75, 3.05) is 6.54 Å². The molecule has 1 heterocycles. The van der Waals surface area contributed by atoms with Crippen molar-refractivity contribution in [3.63, 3.8) is 0 Å². The second-order valence-electron chi connectivity index (χ2n) is 3.39. The van der Waals surface area contributed by atoms with Gasteiger partial charge in [0.1, 0.15) is 0 Å². The van der Waals surface area contributed by atoms with Crippen LogP contribution in [0.25, 0.3) is 11.3 Å². The molecule has 1 amide bonds. The van der Waals surface area contributed by atoms with Gasteiger partial charge in [-0.25, -0.2) is 4.98 Å². The molecule has 86 valence electrons. The minimum atomic E-state index is -0.266. The van der Waals surface area contributed by atoms with E-state index in [1.165, 1.54) is 6.39 Å². The average molecular weight is 228 g/mol. The number of benzene rings is 1. The molecule has 17 heavy (non-hydrogen) atoms. The van der Waals surface area contributed by atoms with E-state index < -0.39 is 0 Å². The second kappa shape index (κ2) is 5.12. The number of carbonyl (C=O) groups is 1. The van der Waals surface area contributed by atoms with Crippen molar-refractivity contribution in [1.29, 1.82) is 0 Å². The number of aromatic nitrogens is 1. The van der Waals surface area contributed by atoms with E-state index in [4.69, 9.17) is 4.42 Å². The van der Waals surface area contributed by atoms with Gasteiger partial charge in [0.25, 0.3) is 5.91 Å².